The number of hydrogen-bond acceptors (Lipinski definition) is 29. The van der Waals surface area contributed by atoms with Crippen LogP contribution in [-0.2, 0) is 123 Å². The maximum absolute atomic E-state index is 16.0. The SMILES string of the molecule is CCS[C@@H]1OC2COC(c3ccccc3)O[C@H]2[C@H](O[C@@H]2OC3COC(c4ccccc4)O[C@H]3[C@H](O[C@@H]3OC4COC(c5ccccc5)O[C@H]4[C@H](O[C@@H]4OC5COC(c6ccccc6)O[C@H]5[C@H](O[Si](C)(C)C(C)(C)C)C4OC(=O)c4ccccc4)C3OC(=O)C(C)(C)CCOC(C)=O)C2OC(=O)c2ccccc2)C1OC(=O)C(C)(C)CCOC(C)=O. The first-order chi connectivity index (χ1) is 57.6. The van der Waals surface area contributed by atoms with Crippen LogP contribution in [0.15, 0.2) is 182 Å². The molecule has 0 amide bonds. The number of fused-ring (bicyclic) bond motifs is 4. The Labute approximate surface area is 703 Å². The minimum atomic E-state index is -3.01. The van der Waals surface area contributed by atoms with Gasteiger partial charge in [0.15, 0.2) is 76.8 Å². The molecule has 120 heavy (non-hydrogen) atoms. The smallest absolute Gasteiger partial charge is 0.338 e. The van der Waals surface area contributed by atoms with Crippen molar-refractivity contribution in [2.45, 2.75) is 247 Å². The van der Waals surface area contributed by atoms with Crippen molar-refractivity contribution in [1.82, 2.24) is 0 Å². The first-order valence-electron chi connectivity index (χ1n) is 41.0. The molecule has 12 unspecified atom stereocenters. The van der Waals surface area contributed by atoms with Gasteiger partial charge >= 0.3 is 35.8 Å². The molecule has 8 fully saturated rings. The first-order valence-corrected chi connectivity index (χ1v) is 44.9. The number of rotatable bonds is 28. The standard InChI is InChI=1S/C90H108O28SSi/c1-13-119-85-75(117-87(96)90(9,10)45-47-98-53(3)92)70(66-63(106-85)51-102-80(111-66)58-40-28-18-29-41-58)115-82-72(107-76(93)54-32-20-14-21-33-54)68(64-60(103-82)48-99-78(109-64)56-36-24-16-25-37-56)113-83-73(116-86(95)89(7,8)44-46-97-52(2)91)69(65-61(104-83)49-100-79(110-65)57-38-26-17-27-39-57)114-84-74(108-77(94)55-34-22-15-23-35-55)71(118-120(11,12)88(4,5)6)67-62(105-84)50-101-81(112-67)59-42-30-19-31-43-59/h14-43,60-75,78-85H,13,44-51H2,1-12H3/t60?,61?,62?,63?,64-,65-,66-,67-,68+,69+,70+,71+,72?,73?,74?,75?,78?,79?,80?,81?,82+,83+,84+,85+/m1/s1. The summed E-state index contributed by atoms with van der Waals surface area (Å²) in [6.07, 6.45) is -31.2. The van der Waals surface area contributed by atoms with Gasteiger partial charge in [-0.15, -0.1) is 11.8 Å². The molecule has 0 aromatic heterocycles. The molecule has 6 aromatic carbocycles. The molecule has 0 radical (unpaired) electrons. The van der Waals surface area contributed by atoms with Crippen LogP contribution in [0.25, 0.3) is 0 Å². The molecule has 646 valence electrons. The van der Waals surface area contributed by atoms with Gasteiger partial charge in [-0.3, -0.25) is 19.2 Å². The summed E-state index contributed by atoms with van der Waals surface area (Å²) in [7, 11) is -3.01. The molecule has 0 spiro atoms. The second-order valence-corrected chi connectivity index (χ2v) is 39.8. The highest BCUT2D eigenvalue weighted by Gasteiger charge is 2.64. The van der Waals surface area contributed by atoms with Gasteiger partial charge in [-0.2, -0.15) is 0 Å². The fourth-order valence-electron chi connectivity index (χ4n) is 15.2. The summed E-state index contributed by atoms with van der Waals surface area (Å²) in [4.78, 5) is 86.5. The Kier molecular flexibility index (Phi) is 28.6. The van der Waals surface area contributed by atoms with Gasteiger partial charge in [0, 0.05) is 36.1 Å². The fourth-order valence-corrected chi connectivity index (χ4v) is 17.5. The molecule has 8 heterocycles. The van der Waals surface area contributed by atoms with Crippen LogP contribution in [0.1, 0.15) is 150 Å². The lowest BCUT2D eigenvalue weighted by molar-refractivity contribution is -0.424. The average molecular weight is 1700 g/mol. The zero-order chi connectivity index (χ0) is 84.6. The Morgan fingerprint density at radius 1 is 0.375 bits per heavy atom. The minimum Gasteiger partial charge on any atom is -0.466 e. The van der Waals surface area contributed by atoms with E-state index in [4.69, 9.17) is 104 Å². The second kappa shape index (κ2) is 38.9. The van der Waals surface area contributed by atoms with E-state index in [0.29, 0.717) is 28.0 Å². The van der Waals surface area contributed by atoms with E-state index in [2.05, 4.69) is 33.9 Å². The van der Waals surface area contributed by atoms with Crippen LogP contribution in [-0.4, -0.2) is 211 Å². The topological polar surface area (TPSA) is 305 Å². The molecule has 14 rings (SSSR count). The van der Waals surface area contributed by atoms with Gasteiger partial charge < -0.3 is 104 Å². The third kappa shape index (κ3) is 20.8. The monoisotopic (exact) mass is 1700 g/mol. The Balaban J connectivity index is 0.931. The molecule has 0 aliphatic carbocycles. The van der Waals surface area contributed by atoms with Gasteiger partial charge in [0.25, 0.3) is 0 Å². The molecular formula is C90H108O28SSi. The fraction of sp³-hybridized carbons (Fsp3) is 0.533. The molecule has 0 bridgehead atoms. The Hall–Kier alpha value is -7.93. The van der Waals surface area contributed by atoms with E-state index in [1.807, 2.05) is 128 Å². The van der Waals surface area contributed by atoms with E-state index in [0.717, 1.165) is 0 Å². The van der Waals surface area contributed by atoms with E-state index < -0.39 is 207 Å². The molecule has 0 N–H and O–H groups in total. The molecule has 6 aromatic rings. The summed E-state index contributed by atoms with van der Waals surface area (Å²) in [6.45, 7) is 20.5. The molecule has 8 aliphatic rings. The Morgan fingerprint density at radius 3 is 0.992 bits per heavy atom. The van der Waals surface area contributed by atoms with Crippen molar-refractivity contribution in [3.8, 4) is 0 Å². The van der Waals surface area contributed by atoms with Crippen molar-refractivity contribution in [3.63, 3.8) is 0 Å². The summed E-state index contributed by atoms with van der Waals surface area (Å²) in [5.74, 6) is -3.90. The van der Waals surface area contributed by atoms with Crippen molar-refractivity contribution in [1.29, 1.82) is 0 Å². The second-order valence-electron chi connectivity index (χ2n) is 33.6. The molecular weight excluding hydrogens is 1590 g/mol. The summed E-state index contributed by atoms with van der Waals surface area (Å²) in [5.41, 5.74) is -0.945. The highest BCUT2D eigenvalue weighted by Crippen LogP contribution is 2.49. The normalized spacial score (nSPS) is 32.0. The van der Waals surface area contributed by atoms with Gasteiger partial charge in [0.05, 0.1) is 61.6 Å². The van der Waals surface area contributed by atoms with E-state index in [1.165, 1.54) is 25.6 Å². The van der Waals surface area contributed by atoms with E-state index in [9.17, 15) is 9.59 Å². The number of ether oxygens (including phenoxy) is 21. The summed E-state index contributed by atoms with van der Waals surface area (Å²) in [5, 5.41) is -0.457. The predicted molar refractivity (Wildman–Crippen MR) is 431 cm³/mol. The van der Waals surface area contributed by atoms with Crippen LogP contribution in [0.5, 0.6) is 0 Å². The van der Waals surface area contributed by atoms with Gasteiger partial charge in [0.1, 0.15) is 78.7 Å². The third-order valence-electron chi connectivity index (χ3n) is 23.0. The Bertz CT molecular complexity index is 4380. The van der Waals surface area contributed by atoms with Crippen LogP contribution in [0.2, 0.25) is 18.1 Å². The number of esters is 6. The van der Waals surface area contributed by atoms with Gasteiger partial charge in [-0.05, 0) is 88.7 Å². The number of hydrogen-bond donors (Lipinski definition) is 0. The zero-order valence-electron chi connectivity index (χ0n) is 69.4. The van der Waals surface area contributed by atoms with Crippen LogP contribution in [0, 0.1) is 10.8 Å². The lowest BCUT2D eigenvalue weighted by atomic mass is 9.89. The summed E-state index contributed by atoms with van der Waals surface area (Å²) in [6, 6.07) is 53.5. The van der Waals surface area contributed by atoms with Crippen LogP contribution in [0.4, 0.5) is 0 Å². The molecule has 0 saturated carbocycles. The summed E-state index contributed by atoms with van der Waals surface area (Å²) < 4.78 is 152. The molecule has 24 atom stereocenters. The summed E-state index contributed by atoms with van der Waals surface area (Å²) >= 11 is 1.33. The first kappa shape index (κ1) is 88.4. The van der Waals surface area contributed by atoms with Gasteiger partial charge in [-0.1, -0.05) is 185 Å². The average Bonchev–Trinajstić information content (AvgIpc) is 0.744. The number of benzene rings is 6. The highest BCUT2D eigenvalue weighted by molar-refractivity contribution is 7.99. The number of carbonyl (C=O) groups excluding carboxylic acids is 6. The largest absolute Gasteiger partial charge is 0.466 e. The third-order valence-corrected chi connectivity index (χ3v) is 28.5. The maximum Gasteiger partial charge on any atom is 0.338 e. The lowest BCUT2D eigenvalue weighted by Gasteiger charge is -2.55. The minimum absolute atomic E-state index is 0.0368. The van der Waals surface area contributed by atoms with Crippen molar-refractivity contribution >= 4 is 55.9 Å². The quantitative estimate of drug-likeness (QED) is 0.0250. The molecule has 28 nitrogen and oxygen atoms in total. The van der Waals surface area contributed by atoms with E-state index >= 15 is 19.2 Å². The lowest BCUT2D eigenvalue weighted by Crippen LogP contribution is -2.71. The Morgan fingerprint density at radius 2 is 0.667 bits per heavy atom. The van der Waals surface area contributed by atoms with Crippen LogP contribution < -0.4 is 0 Å². The highest BCUT2D eigenvalue weighted by atomic mass is 32.2. The van der Waals surface area contributed by atoms with Crippen LogP contribution in [0.3, 0.4) is 0 Å². The molecule has 8 aliphatic heterocycles. The predicted octanol–water partition coefficient (Wildman–Crippen LogP) is 12.9. The van der Waals surface area contributed by atoms with Crippen LogP contribution >= 0.6 is 11.8 Å². The van der Waals surface area contributed by atoms with E-state index in [1.54, 1.807) is 88.4 Å². The molecule has 30 heteroatoms. The van der Waals surface area contributed by atoms with E-state index in [-0.39, 0.29) is 63.6 Å². The van der Waals surface area contributed by atoms with Crippen molar-refractivity contribution < 1.29 is 133 Å². The van der Waals surface area contributed by atoms with Crippen molar-refractivity contribution in [3.05, 3.63) is 215 Å². The zero-order valence-corrected chi connectivity index (χ0v) is 71.2. The van der Waals surface area contributed by atoms with Gasteiger partial charge in [-0.25, -0.2) is 9.59 Å². The van der Waals surface area contributed by atoms with Gasteiger partial charge in [0.2, 0.25) is 0 Å². The number of thioether (sulfide) groups is 1. The maximum atomic E-state index is 16.0. The number of carbonyl (C=O) groups is 6. The van der Waals surface area contributed by atoms with Crippen molar-refractivity contribution in [2.75, 3.05) is 45.4 Å². The van der Waals surface area contributed by atoms with Crippen molar-refractivity contribution in [2.24, 2.45) is 10.8 Å². The molecule has 8 saturated heterocycles.